The highest BCUT2D eigenvalue weighted by Crippen LogP contribution is 2.19. The predicted molar refractivity (Wildman–Crippen MR) is 103 cm³/mol. The number of nitrogens with zero attached hydrogens (tertiary/aromatic N) is 1. The number of nitrogens with one attached hydrogen (secondary N) is 2. The van der Waals surface area contributed by atoms with Crippen LogP contribution in [0.1, 0.15) is 33.1 Å². The highest BCUT2D eigenvalue weighted by molar-refractivity contribution is 7.98. The van der Waals surface area contributed by atoms with Crippen molar-refractivity contribution in [3.8, 4) is 0 Å². The number of likely N-dealkylation sites (tertiary alicyclic amines) is 1. The van der Waals surface area contributed by atoms with E-state index in [9.17, 15) is 24.3 Å². The smallest absolute Gasteiger partial charge is 0.326 e. The molecular formula is C17H30N4O5S. The van der Waals surface area contributed by atoms with E-state index in [-0.39, 0.29) is 12.5 Å². The van der Waals surface area contributed by atoms with Crippen LogP contribution in [0.25, 0.3) is 0 Å². The van der Waals surface area contributed by atoms with Gasteiger partial charge >= 0.3 is 5.97 Å². The molecule has 3 unspecified atom stereocenters. The minimum Gasteiger partial charge on any atom is -0.480 e. The van der Waals surface area contributed by atoms with Crippen molar-refractivity contribution >= 4 is 35.5 Å². The number of rotatable bonds is 10. The molecule has 5 N–H and O–H groups in total. The van der Waals surface area contributed by atoms with Gasteiger partial charge in [0.25, 0.3) is 0 Å². The quantitative estimate of drug-likeness (QED) is 0.382. The van der Waals surface area contributed by atoms with Gasteiger partial charge in [0.1, 0.15) is 12.1 Å². The first-order valence-electron chi connectivity index (χ1n) is 9.03. The molecule has 1 saturated heterocycles. The van der Waals surface area contributed by atoms with Gasteiger partial charge in [0.15, 0.2) is 0 Å². The molecule has 0 spiro atoms. The first-order chi connectivity index (χ1) is 12.7. The summed E-state index contributed by atoms with van der Waals surface area (Å²) in [5, 5.41) is 14.3. The Kier molecular flexibility index (Phi) is 9.57. The van der Waals surface area contributed by atoms with Crippen LogP contribution in [0.5, 0.6) is 0 Å². The van der Waals surface area contributed by atoms with Gasteiger partial charge in [-0.25, -0.2) is 4.79 Å². The molecule has 0 aliphatic carbocycles. The molecule has 1 aliphatic heterocycles. The molecule has 9 nitrogen and oxygen atoms in total. The molecule has 1 heterocycles. The normalized spacial score (nSPS) is 18.9. The summed E-state index contributed by atoms with van der Waals surface area (Å²) in [6, 6.07) is -2.39. The first kappa shape index (κ1) is 23.2. The van der Waals surface area contributed by atoms with Crippen LogP contribution in [0.2, 0.25) is 0 Å². The average molecular weight is 403 g/mol. The van der Waals surface area contributed by atoms with Crippen LogP contribution in [-0.4, -0.2) is 76.9 Å². The lowest BCUT2D eigenvalue weighted by Crippen LogP contribution is -2.54. The van der Waals surface area contributed by atoms with Gasteiger partial charge in [0, 0.05) is 6.54 Å². The highest BCUT2D eigenvalue weighted by atomic mass is 32.2. The second kappa shape index (κ2) is 11.1. The van der Waals surface area contributed by atoms with E-state index in [0.717, 1.165) is 0 Å². The van der Waals surface area contributed by atoms with E-state index < -0.39 is 41.8 Å². The lowest BCUT2D eigenvalue weighted by molar-refractivity contribution is -0.149. The molecule has 1 fully saturated rings. The Morgan fingerprint density at radius 1 is 1.30 bits per heavy atom. The number of carbonyl (C=O) groups excluding carboxylic acids is 3. The van der Waals surface area contributed by atoms with E-state index in [2.05, 4.69) is 10.6 Å². The maximum Gasteiger partial charge on any atom is 0.326 e. The summed E-state index contributed by atoms with van der Waals surface area (Å²) in [5.41, 5.74) is 5.72. The molecule has 0 radical (unpaired) electrons. The summed E-state index contributed by atoms with van der Waals surface area (Å²) >= 11 is 1.52. The highest BCUT2D eigenvalue weighted by Gasteiger charge is 2.37. The summed E-state index contributed by atoms with van der Waals surface area (Å²) in [6.07, 6.45) is 3.29. The van der Waals surface area contributed by atoms with E-state index in [1.807, 2.05) is 6.26 Å². The fourth-order valence-electron chi connectivity index (χ4n) is 2.81. The van der Waals surface area contributed by atoms with Crippen LogP contribution in [0.4, 0.5) is 0 Å². The molecule has 1 aliphatic rings. The molecule has 0 bridgehead atoms. The fourth-order valence-corrected chi connectivity index (χ4v) is 3.29. The second-order valence-corrected chi connectivity index (χ2v) is 7.90. The average Bonchev–Trinajstić information content (AvgIpc) is 3.11. The zero-order valence-corrected chi connectivity index (χ0v) is 16.9. The lowest BCUT2D eigenvalue weighted by atomic mass is 10.1. The lowest BCUT2D eigenvalue weighted by Gasteiger charge is -2.27. The summed E-state index contributed by atoms with van der Waals surface area (Å²) in [4.78, 5) is 49.5. The molecule has 27 heavy (non-hydrogen) atoms. The number of aliphatic carboxylic acids is 1. The molecule has 154 valence electrons. The molecule has 0 aromatic heterocycles. The molecule has 1 rings (SSSR count). The number of carboxylic acid groups (broad SMARTS) is 1. The minimum atomic E-state index is -1.04. The zero-order chi connectivity index (χ0) is 20.6. The SMILES string of the molecule is CSCCC(NC(=O)CNC(=O)C(N)C(C)C)C(=O)N1CCCC1C(=O)O. The first-order valence-corrected chi connectivity index (χ1v) is 10.4. The molecule has 0 saturated carbocycles. The van der Waals surface area contributed by atoms with Crippen molar-refractivity contribution in [2.45, 2.75) is 51.2 Å². The third kappa shape index (κ3) is 7.02. The summed E-state index contributed by atoms with van der Waals surface area (Å²) in [6.45, 7) is 3.68. The Bertz CT molecular complexity index is 557. The third-order valence-corrected chi connectivity index (χ3v) is 5.15. The number of carbonyl (C=O) groups is 4. The van der Waals surface area contributed by atoms with Crippen LogP contribution in [-0.2, 0) is 19.2 Å². The third-order valence-electron chi connectivity index (χ3n) is 4.51. The van der Waals surface area contributed by atoms with Gasteiger partial charge in [-0.15, -0.1) is 0 Å². The molecule has 10 heteroatoms. The van der Waals surface area contributed by atoms with Crippen LogP contribution in [0.15, 0.2) is 0 Å². The maximum absolute atomic E-state index is 12.8. The van der Waals surface area contributed by atoms with E-state index >= 15 is 0 Å². The van der Waals surface area contributed by atoms with Crippen molar-refractivity contribution in [3.05, 3.63) is 0 Å². The van der Waals surface area contributed by atoms with Crippen molar-refractivity contribution in [2.75, 3.05) is 25.1 Å². The van der Waals surface area contributed by atoms with E-state index in [0.29, 0.717) is 31.6 Å². The van der Waals surface area contributed by atoms with Crippen LogP contribution in [0, 0.1) is 5.92 Å². The number of amides is 3. The minimum absolute atomic E-state index is 0.0629. The Morgan fingerprint density at radius 3 is 2.52 bits per heavy atom. The van der Waals surface area contributed by atoms with Gasteiger partial charge in [-0.3, -0.25) is 14.4 Å². The van der Waals surface area contributed by atoms with Gasteiger partial charge < -0.3 is 26.4 Å². The number of hydrogen-bond acceptors (Lipinski definition) is 6. The van der Waals surface area contributed by atoms with Crippen molar-refractivity contribution in [2.24, 2.45) is 11.7 Å². The van der Waals surface area contributed by atoms with Crippen LogP contribution < -0.4 is 16.4 Å². The Labute approximate surface area is 163 Å². The van der Waals surface area contributed by atoms with Gasteiger partial charge in [-0.1, -0.05) is 13.8 Å². The molecular weight excluding hydrogens is 372 g/mol. The summed E-state index contributed by atoms with van der Waals surface area (Å²) in [5.74, 6) is -1.81. The van der Waals surface area contributed by atoms with E-state index in [1.165, 1.54) is 16.7 Å². The summed E-state index contributed by atoms with van der Waals surface area (Å²) < 4.78 is 0. The van der Waals surface area contributed by atoms with Crippen molar-refractivity contribution in [1.29, 1.82) is 0 Å². The Balaban J connectivity index is 2.68. The molecule has 0 aromatic rings. The van der Waals surface area contributed by atoms with Gasteiger partial charge in [0.2, 0.25) is 17.7 Å². The van der Waals surface area contributed by atoms with Crippen molar-refractivity contribution in [3.63, 3.8) is 0 Å². The Morgan fingerprint density at radius 2 is 1.96 bits per heavy atom. The second-order valence-electron chi connectivity index (χ2n) is 6.92. The summed E-state index contributed by atoms with van der Waals surface area (Å²) in [7, 11) is 0. The van der Waals surface area contributed by atoms with Gasteiger partial charge in [0.05, 0.1) is 12.6 Å². The van der Waals surface area contributed by atoms with Gasteiger partial charge in [-0.2, -0.15) is 11.8 Å². The van der Waals surface area contributed by atoms with Crippen molar-refractivity contribution in [1.82, 2.24) is 15.5 Å². The molecule has 3 atom stereocenters. The van der Waals surface area contributed by atoms with Crippen LogP contribution >= 0.6 is 11.8 Å². The molecule has 3 amide bonds. The number of nitrogens with two attached hydrogens (primary N) is 1. The fraction of sp³-hybridized carbons (Fsp3) is 0.765. The van der Waals surface area contributed by atoms with E-state index in [1.54, 1.807) is 13.8 Å². The monoisotopic (exact) mass is 402 g/mol. The van der Waals surface area contributed by atoms with Crippen molar-refractivity contribution < 1.29 is 24.3 Å². The Hall–Kier alpha value is -1.81. The predicted octanol–water partition coefficient (Wildman–Crippen LogP) is -0.601. The topological polar surface area (TPSA) is 142 Å². The standard InChI is InChI=1S/C17H30N4O5S/c1-10(2)14(18)15(23)19-9-13(22)20-11(6-8-27-3)16(24)21-7-4-5-12(21)17(25)26/h10-12,14H,4-9,18H2,1-3H3,(H,19,23)(H,20,22)(H,25,26). The number of hydrogen-bond donors (Lipinski definition) is 4. The molecule has 0 aromatic carbocycles. The van der Waals surface area contributed by atoms with Crippen LogP contribution in [0.3, 0.4) is 0 Å². The maximum atomic E-state index is 12.8. The van der Waals surface area contributed by atoms with E-state index in [4.69, 9.17) is 5.73 Å². The number of thioether (sulfide) groups is 1. The zero-order valence-electron chi connectivity index (χ0n) is 16.1. The number of carboxylic acids is 1. The largest absolute Gasteiger partial charge is 0.480 e. The van der Waals surface area contributed by atoms with Gasteiger partial charge in [-0.05, 0) is 37.2 Å².